The molecule has 2 atom stereocenters. The zero-order valence-electron chi connectivity index (χ0n) is 38.5. The van der Waals surface area contributed by atoms with Crippen molar-refractivity contribution in [1.82, 2.24) is 5.32 Å². The normalized spacial score (nSPS) is 13.5. The maximum atomic E-state index is 12.4. The van der Waals surface area contributed by atoms with Gasteiger partial charge in [0.15, 0.2) is 0 Å². The molecule has 336 valence electrons. The summed E-state index contributed by atoms with van der Waals surface area (Å²) in [5, 5.41) is 23.0. The first kappa shape index (κ1) is 55.8. The average molecular weight is 808 g/mol. The number of carbonyl (C=O) groups is 1. The van der Waals surface area contributed by atoms with Gasteiger partial charge in [-0.05, 0) is 57.8 Å². The topological polar surface area (TPSA) is 69.6 Å². The molecule has 4 nitrogen and oxygen atoms in total. The van der Waals surface area contributed by atoms with Crippen molar-refractivity contribution in [3.63, 3.8) is 0 Å². The summed E-state index contributed by atoms with van der Waals surface area (Å²) in [7, 11) is 0. The van der Waals surface area contributed by atoms with Crippen molar-refractivity contribution in [3.05, 3.63) is 72.9 Å². The number of unbranched alkanes of at least 4 members (excludes halogenated alkanes) is 28. The minimum atomic E-state index is -0.867. The van der Waals surface area contributed by atoms with E-state index in [1.807, 2.05) is 6.08 Å². The van der Waals surface area contributed by atoms with Crippen molar-refractivity contribution in [2.45, 2.75) is 257 Å². The standard InChI is InChI=1S/C54H97NO3/c1-3-5-7-9-11-13-15-17-19-21-22-23-24-25-26-27-28-29-30-31-32-34-35-37-39-41-43-45-47-49-53(57)52(51-56)55-54(58)50-48-46-44-42-40-38-36-33-20-18-16-14-12-10-8-6-4-2/h6,8,12,14,18,20,36,38,42,44,47,49,52-53,56-57H,3-5,7,9-11,13,15-17,19,21-35,37,39-41,43,45-46,48,50-51H2,1-2H3,(H,55,58)/b8-6-,14-12-,20-18-,38-36-,44-42-,49-47+. The number of aliphatic hydroxyl groups excluding tert-OH is 2. The smallest absolute Gasteiger partial charge is 0.220 e. The largest absolute Gasteiger partial charge is 0.394 e. The van der Waals surface area contributed by atoms with E-state index >= 15 is 0 Å². The molecule has 0 saturated heterocycles. The van der Waals surface area contributed by atoms with Gasteiger partial charge in [0, 0.05) is 6.42 Å². The van der Waals surface area contributed by atoms with Crippen molar-refractivity contribution >= 4 is 5.91 Å². The molecule has 0 radical (unpaired) electrons. The van der Waals surface area contributed by atoms with Crippen LogP contribution < -0.4 is 5.32 Å². The highest BCUT2D eigenvalue weighted by Gasteiger charge is 2.17. The molecule has 0 aliphatic rings. The van der Waals surface area contributed by atoms with E-state index in [2.05, 4.69) is 79.9 Å². The zero-order chi connectivity index (χ0) is 42.1. The quantitative estimate of drug-likeness (QED) is 0.0424. The van der Waals surface area contributed by atoms with E-state index in [9.17, 15) is 15.0 Å². The second kappa shape index (κ2) is 49.2. The van der Waals surface area contributed by atoms with E-state index in [-0.39, 0.29) is 12.5 Å². The SMILES string of the molecule is CC/C=C\C/C=C\C/C=C\C/C=C\C/C=C\CCCC(=O)NC(CO)C(O)/C=C/CCCCCCCCCCCCCCCCCCCCCCCCCCCCC. The van der Waals surface area contributed by atoms with Gasteiger partial charge in [-0.25, -0.2) is 0 Å². The predicted molar refractivity (Wildman–Crippen MR) is 257 cm³/mol. The lowest BCUT2D eigenvalue weighted by atomic mass is 10.0. The van der Waals surface area contributed by atoms with Gasteiger partial charge in [-0.2, -0.15) is 0 Å². The Hall–Kier alpha value is -2.17. The minimum Gasteiger partial charge on any atom is -0.394 e. The fourth-order valence-electron chi connectivity index (χ4n) is 7.39. The zero-order valence-corrected chi connectivity index (χ0v) is 38.5. The van der Waals surface area contributed by atoms with Crippen LogP contribution in [0.25, 0.3) is 0 Å². The Morgan fingerprint density at radius 3 is 1.12 bits per heavy atom. The van der Waals surface area contributed by atoms with E-state index in [0.29, 0.717) is 6.42 Å². The number of hydrogen-bond donors (Lipinski definition) is 3. The van der Waals surface area contributed by atoms with E-state index in [1.54, 1.807) is 6.08 Å². The van der Waals surface area contributed by atoms with E-state index < -0.39 is 12.1 Å². The fraction of sp³-hybridized carbons (Fsp3) is 0.759. The molecule has 0 aromatic rings. The minimum absolute atomic E-state index is 0.121. The van der Waals surface area contributed by atoms with Crippen LogP contribution >= 0.6 is 0 Å². The summed E-state index contributed by atoms with van der Waals surface area (Å²) in [6.07, 6.45) is 70.5. The van der Waals surface area contributed by atoms with Crippen LogP contribution in [0.5, 0.6) is 0 Å². The molecule has 3 N–H and O–H groups in total. The number of nitrogens with one attached hydrogen (secondary N) is 1. The van der Waals surface area contributed by atoms with E-state index in [1.165, 1.54) is 167 Å². The first-order chi connectivity index (χ1) is 28.7. The molecular formula is C54H97NO3. The molecule has 4 heteroatoms. The molecule has 0 aromatic heterocycles. The van der Waals surface area contributed by atoms with Gasteiger partial charge in [-0.3, -0.25) is 4.79 Å². The summed E-state index contributed by atoms with van der Waals surface area (Å²) in [5.41, 5.74) is 0. The first-order valence-electron chi connectivity index (χ1n) is 25.2. The summed E-state index contributed by atoms with van der Waals surface area (Å²) in [6, 6.07) is -0.656. The summed E-state index contributed by atoms with van der Waals surface area (Å²) >= 11 is 0. The van der Waals surface area contributed by atoms with Crippen LogP contribution in [0, 0.1) is 0 Å². The van der Waals surface area contributed by atoms with Gasteiger partial charge in [0.05, 0.1) is 18.8 Å². The van der Waals surface area contributed by atoms with Crippen molar-refractivity contribution in [2.75, 3.05) is 6.61 Å². The summed E-state index contributed by atoms with van der Waals surface area (Å²) < 4.78 is 0. The Kier molecular flexibility index (Phi) is 47.4. The molecule has 0 saturated carbocycles. The van der Waals surface area contributed by atoms with Crippen molar-refractivity contribution in [2.24, 2.45) is 0 Å². The number of carbonyl (C=O) groups excluding carboxylic acids is 1. The van der Waals surface area contributed by atoms with Crippen molar-refractivity contribution < 1.29 is 15.0 Å². The Morgan fingerprint density at radius 2 is 0.759 bits per heavy atom. The summed E-state index contributed by atoms with van der Waals surface area (Å²) in [5.74, 6) is -0.121. The number of hydrogen-bond acceptors (Lipinski definition) is 3. The van der Waals surface area contributed by atoms with Crippen LogP contribution in [-0.2, 0) is 4.79 Å². The van der Waals surface area contributed by atoms with Crippen LogP contribution in [0.15, 0.2) is 72.9 Å². The molecule has 2 unspecified atom stereocenters. The van der Waals surface area contributed by atoms with Gasteiger partial charge in [-0.15, -0.1) is 0 Å². The number of amides is 1. The fourth-order valence-corrected chi connectivity index (χ4v) is 7.39. The molecule has 0 fully saturated rings. The Balaban J connectivity index is 3.56. The molecule has 58 heavy (non-hydrogen) atoms. The van der Waals surface area contributed by atoms with E-state index in [4.69, 9.17) is 0 Å². The van der Waals surface area contributed by atoms with Gasteiger partial charge < -0.3 is 15.5 Å². The summed E-state index contributed by atoms with van der Waals surface area (Å²) in [6.45, 7) is 4.18. The lowest BCUT2D eigenvalue weighted by Crippen LogP contribution is -2.45. The highest BCUT2D eigenvalue weighted by atomic mass is 16.3. The Labute approximate surface area is 361 Å². The van der Waals surface area contributed by atoms with Gasteiger partial charge >= 0.3 is 0 Å². The van der Waals surface area contributed by atoms with Crippen LogP contribution in [-0.4, -0.2) is 34.9 Å². The van der Waals surface area contributed by atoms with Crippen LogP contribution in [0.2, 0.25) is 0 Å². The third-order valence-corrected chi connectivity index (χ3v) is 11.2. The molecule has 0 heterocycles. The number of aliphatic hydroxyl groups is 2. The molecule has 0 spiro atoms. The number of rotatable bonds is 45. The maximum Gasteiger partial charge on any atom is 0.220 e. The molecule has 0 aliphatic carbocycles. The van der Waals surface area contributed by atoms with Crippen LogP contribution in [0.1, 0.15) is 245 Å². The highest BCUT2D eigenvalue weighted by molar-refractivity contribution is 5.76. The molecule has 0 rings (SSSR count). The monoisotopic (exact) mass is 808 g/mol. The average Bonchev–Trinajstić information content (AvgIpc) is 3.23. The second-order valence-electron chi connectivity index (χ2n) is 16.9. The molecule has 0 bridgehead atoms. The van der Waals surface area contributed by atoms with Gasteiger partial charge in [0.1, 0.15) is 0 Å². The third-order valence-electron chi connectivity index (χ3n) is 11.2. The van der Waals surface area contributed by atoms with Crippen LogP contribution in [0.3, 0.4) is 0 Å². The molecule has 0 aromatic carbocycles. The van der Waals surface area contributed by atoms with Crippen molar-refractivity contribution in [3.8, 4) is 0 Å². The predicted octanol–water partition coefficient (Wildman–Crippen LogP) is 16.2. The molecule has 1 amide bonds. The Bertz CT molecular complexity index is 1010. The number of allylic oxidation sites excluding steroid dienone is 11. The maximum absolute atomic E-state index is 12.4. The van der Waals surface area contributed by atoms with E-state index in [0.717, 1.165) is 57.8 Å². The second-order valence-corrected chi connectivity index (χ2v) is 16.9. The Morgan fingerprint density at radius 1 is 0.431 bits per heavy atom. The molecular weight excluding hydrogens is 711 g/mol. The van der Waals surface area contributed by atoms with Crippen LogP contribution in [0.4, 0.5) is 0 Å². The summed E-state index contributed by atoms with van der Waals surface area (Å²) in [4.78, 5) is 12.4. The van der Waals surface area contributed by atoms with Crippen molar-refractivity contribution in [1.29, 1.82) is 0 Å². The lowest BCUT2D eigenvalue weighted by molar-refractivity contribution is -0.122. The highest BCUT2D eigenvalue weighted by Crippen LogP contribution is 2.16. The first-order valence-corrected chi connectivity index (χ1v) is 25.2. The lowest BCUT2D eigenvalue weighted by Gasteiger charge is -2.19. The third kappa shape index (κ3) is 44.9. The van der Waals surface area contributed by atoms with Gasteiger partial charge in [0.2, 0.25) is 5.91 Å². The molecule has 0 aliphatic heterocycles. The van der Waals surface area contributed by atoms with Gasteiger partial charge in [0.25, 0.3) is 0 Å². The van der Waals surface area contributed by atoms with Gasteiger partial charge in [-0.1, -0.05) is 254 Å².